The lowest BCUT2D eigenvalue weighted by Gasteiger charge is -2.28. The molecule has 2 heterocycles. The van der Waals surface area contributed by atoms with Gasteiger partial charge < -0.3 is 14.8 Å². The van der Waals surface area contributed by atoms with Crippen LogP contribution in [0.15, 0.2) is 18.2 Å². The molecule has 1 fully saturated rings. The molecular weight excluding hydrogens is 226 g/mol. The highest BCUT2D eigenvalue weighted by Gasteiger charge is 2.34. The van der Waals surface area contributed by atoms with Gasteiger partial charge in [-0.2, -0.15) is 0 Å². The number of halogens is 1. The summed E-state index contributed by atoms with van der Waals surface area (Å²) in [7, 11) is 1.71. The van der Waals surface area contributed by atoms with Crippen LogP contribution < -0.4 is 10.1 Å². The number of hydrogen-bond donors (Lipinski definition) is 1. The Balaban J connectivity index is 0.000000963. The van der Waals surface area contributed by atoms with Gasteiger partial charge in [-0.05, 0) is 23.3 Å². The van der Waals surface area contributed by atoms with Crippen LogP contribution in [0.3, 0.4) is 0 Å². The first-order valence-corrected chi connectivity index (χ1v) is 5.37. The van der Waals surface area contributed by atoms with E-state index >= 15 is 0 Å². The van der Waals surface area contributed by atoms with E-state index in [0.717, 1.165) is 25.4 Å². The van der Waals surface area contributed by atoms with E-state index < -0.39 is 0 Å². The van der Waals surface area contributed by atoms with Gasteiger partial charge in [0.05, 0.1) is 19.8 Å². The molecule has 0 unspecified atom stereocenters. The van der Waals surface area contributed by atoms with Crippen molar-refractivity contribution in [3.05, 3.63) is 29.3 Å². The molecule has 0 saturated carbocycles. The van der Waals surface area contributed by atoms with Crippen molar-refractivity contribution >= 4 is 12.4 Å². The number of nitrogens with one attached hydrogen (secondary N) is 1. The van der Waals surface area contributed by atoms with Crippen molar-refractivity contribution in [2.45, 2.75) is 18.6 Å². The molecule has 1 aromatic carbocycles. The Kier molecular flexibility index (Phi) is 3.38. The van der Waals surface area contributed by atoms with E-state index in [1.54, 1.807) is 7.11 Å². The Morgan fingerprint density at radius 3 is 3.06 bits per heavy atom. The molecule has 3 rings (SSSR count). The van der Waals surface area contributed by atoms with Crippen molar-refractivity contribution in [3.63, 3.8) is 0 Å². The molecule has 2 atom stereocenters. The highest BCUT2D eigenvalue weighted by atomic mass is 35.5. The van der Waals surface area contributed by atoms with Gasteiger partial charge in [0.25, 0.3) is 0 Å². The molecule has 3 nitrogen and oxygen atoms in total. The molecule has 4 heteroatoms. The minimum atomic E-state index is 0. The van der Waals surface area contributed by atoms with Gasteiger partial charge in [-0.3, -0.25) is 0 Å². The van der Waals surface area contributed by atoms with E-state index in [1.165, 1.54) is 11.1 Å². The van der Waals surface area contributed by atoms with Crippen LogP contribution in [0.2, 0.25) is 0 Å². The molecule has 1 aromatic rings. The van der Waals surface area contributed by atoms with Gasteiger partial charge in [0.15, 0.2) is 0 Å². The van der Waals surface area contributed by atoms with Gasteiger partial charge in [-0.25, -0.2) is 0 Å². The summed E-state index contributed by atoms with van der Waals surface area (Å²) in [5, 5.41) is 3.38. The van der Waals surface area contributed by atoms with Gasteiger partial charge in [-0.15, -0.1) is 12.4 Å². The Labute approximate surface area is 102 Å². The average molecular weight is 242 g/mol. The molecule has 1 N–H and O–H groups in total. The standard InChI is InChI=1S/C12H15NO2.ClH/c1-14-9-3-2-8-7-15-12-6-13-5-11(12)10(8)4-9;/h2-4,11-13H,5-7H2,1H3;1H/t11-,12-;/m0./s1. The summed E-state index contributed by atoms with van der Waals surface area (Å²) in [6.07, 6.45) is 0.351. The second kappa shape index (κ2) is 4.62. The monoisotopic (exact) mass is 241 g/mol. The summed E-state index contributed by atoms with van der Waals surface area (Å²) in [6.45, 7) is 2.73. The van der Waals surface area contributed by atoms with Crippen LogP contribution in [-0.2, 0) is 11.3 Å². The number of ether oxygens (including phenoxy) is 2. The Morgan fingerprint density at radius 1 is 1.38 bits per heavy atom. The van der Waals surface area contributed by atoms with E-state index in [1.807, 2.05) is 6.07 Å². The van der Waals surface area contributed by atoms with Crippen molar-refractivity contribution in [2.75, 3.05) is 20.2 Å². The molecule has 1 saturated heterocycles. The molecular formula is C12H16ClNO2. The molecule has 0 aliphatic carbocycles. The minimum absolute atomic E-state index is 0. The van der Waals surface area contributed by atoms with E-state index in [0.29, 0.717) is 12.0 Å². The molecule has 0 spiro atoms. The number of methoxy groups -OCH3 is 1. The summed E-state index contributed by atoms with van der Waals surface area (Å²) >= 11 is 0. The van der Waals surface area contributed by atoms with Crippen molar-refractivity contribution in [1.82, 2.24) is 5.32 Å². The van der Waals surface area contributed by atoms with Crippen molar-refractivity contribution < 1.29 is 9.47 Å². The van der Waals surface area contributed by atoms with E-state index in [4.69, 9.17) is 9.47 Å². The largest absolute Gasteiger partial charge is 0.497 e. The lowest BCUT2D eigenvalue weighted by atomic mass is 9.89. The zero-order valence-corrected chi connectivity index (χ0v) is 10.0. The van der Waals surface area contributed by atoms with Crippen LogP contribution in [0.5, 0.6) is 5.75 Å². The number of fused-ring (bicyclic) bond motifs is 3. The first-order chi connectivity index (χ1) is 7.38. The fourth-order valence-electron chi connectivity index (χ4n) is 2.51. The molecule has 16 heavy (non-hydrogen) atoms. The SMILES string of the molecule is COc1ccc2c(c1)[C@@H]1CNC[C@@H]1OC2.Cl. The minimum Gasteiger partial charge on any atom is -0.497 e. The van der Waals surface area contributed by atoms with Crippen LogP contribution in [0.4, 0.5) is 0 Å². The lowest BCUT2D eigenvalue weighted by Crippen LogP contribution is -2.26. The first-order valence-electron chi connectivity index (χ1n) is 5.37. The maximum absolute atomic E-state index is 5.80. The van der Waals surface area contributed by atoms with E-state index in [2.05, 4.69) is 17.4 Å². The average Bonchev–Trinajstić information content (AvgIpc) is 2.76. The van der Waals surface area contributed by atoms with Crippen LogP contribution in [-0.4, -0.2) is 26.3 Å². The predicted octanol–water partition coefficient (Wildman–Crippen LogP) is 1.70. The third-order valence-corrected chi connectivity index (χ3v) is 3.36. The highest BCUT2D eigenvalue weighted by Crippen LogP contribution is 2.35. The highest BCUT2D eigenvalue weighted by molar-refractivity contribution is 5.85. The number of benzene rings is 1. The van der Waals surface area contributed by atoms with Crippen LogP contribution in [0, 0.1) is 0 Å². The predicted molar refractivity (Wildman–Crippen MR) is 64.4 cm³/mol. The summed E-state index contributed by atoms with van der Waals surface area (Å²) in [4.78, 5) is 0. The topological polar surface area (TPSA) is 30.5 Å². The van der Waals surface area contributed by atoms with Gasteiger partial charge in [0.1, 0.15) is 5.75 Å². The van der Waals surface area contributed by atoms with Gasteiger partial charge in [0.2, 0.25) is 0 Å². The van der Waals surface area contributed by atoms with Crippen LogP contribution in [0.1, 0.15) is 17.0 Å². The van der Waals surface area contributed by atoms with E-state index in [-0.39, 0.29) is 12.4 Å². The molecule has 2 aliphatic rings. The summed E-state index contributed by atoms with van der Waals surface area (Å²) in [5.74, 6) is 1.45. The third-order valence-electron chi connectivity index (χ3n) is 3.36. The van der Waals surface area contributed by atoms with Crippen LogP contribution in [0.25, 0.3) is 0 Å². The molecule has 0 radical (unpaired) electrons. The summed E-state index contributed by atoms with van der Waals surface area (Å²) in [5.41, 5.74) is 2.70. The smallest absolute Gasteiger partial charge is 0.119 e. The third kappa shape index (κ3) is 1.79. The fraction of sp³-hybridized carbons (Fsp3) is 0.500. The molecule has 0 aromatic heterocycles. The summed E-state index contributed by atoms with van der Waals surface area (Å²) in [6, 6.07) is 6.27. The Morgan fingerprint density at radius 2 is 2.25 bits per heavy atom. The normalized spacial score (nSPS) is 26.6. The van der Waals surface area contributed by atoms with Gasteiger partial charge >= 0.3 is 0 Å². The quantitative estimate of drug-likeness (QED) is 0.812. The zero-order chi connectivity index (χ0) is 10.3. The number of rotatable bonds is 1. The Bertz CT molecular complexity index is 383. The second-order valence-electron chi connectivity index (χ2n) is 4.18. The lowest BCUT2D eigenvalue weighted by molar-refractivity contribution is 0.0298. The Hall–Kier alpha value is -0.770. The van der Waals surface area contributed by atoms with Gasteiger partial charge in [0, 0.05) is 19.0 Å². The molecule has 2 aliphatic heterocycles. The van der Waals surface area contributed by atoms with Crippen molar-refractivity contribution in [3.8, 4) is 5.75 Å². The molecule has 0 bridgehead atoms. The fourth-order valence-corrected chi connectivity index (χ4v) is 2.51. The van der Waals surface area contributed by atoms with Gasteiger partial charge in [-0.1, -0.05) is 6.07 Å². The van der Waals surface area contributed by atoms with Crippen molar-refractivity contribution in [2.24, 2.45) is 0 Å². The van der Waals surface area contributed by atoms with E-state index in [9.17, 15) is 0 Å². The second-order valence-corrected chi connectivity index (χ2v) is 4.18. The molecule has 0 amide bonds. The summed E-state index contributed by atoms with van der Waals surface area (Å²) < 4.78 is 11.1. The van der Waals surface area contributed by atoms with Crippen molar-refractivity contribution in [1.29, 1.82) is 0 Å². The maximum Gasteiger partial charge on any atom is 0.119 e. The van der Waals surface area contributed by atoms with Crippen LogP contribution >= 0.6 is 12.4 Å². The maximum atomic E-state index is 5.80. The molecule has 88 valence electrons. The first kappa shape index (κ1) is 11.7. The number of hydrogen-bond acceptors (Lipinski definition) is 3. The zero-order valence-electron chi connectivity index (χ0n) is 9.23.